The smallest absolute Gasteiger partial charge is 0.333 e. The third kappa shape index (κ3) is 8.73. The lowest BCUT2D eigenvalue weighted by molar-refractivity contribution is -0.134. The van der Waals surface area contributed by atoms with Gasteiger partial charge in [0.1, 0.15) is 12.4 Å². The molecule has 0 spiro atoms. The van der Waals surface area contributed by atoms with Crippen molar-refractivity contribution in [2.75, 3.05) is 13.2 Å². The van der Waals surface area contributed by atoms with Gasteiger partial charge in [-0.15, -0.1) is 0 Å². The third-order valence-electron chi connectivity index (χ3n) is 3.68. The van der Waals surface area contributed by atoms with Gasteiger partial charge in [0.15, 0.2) is 0 Å². The number of carboxylic acid groups (broad SMARTS) is 1. The Bertz CT molecular complexity index is 567. The van der Waals surface area contributed by atoms with E-state index < -0.39 is 12.1 Å². The minimum Gasteiger partial charge on any atom is -0.491 e. The Morgan fingerprint density at radius 2 is 1.72 bits per heavy atom. The second kappa shape index (κ2) is 9.04. The fraction of sp³-hybridized carbons (Fsp3) is 0.571. The lowest BCUT2D eigenvalue weighted by Gasteiger charge is -2.31. The van der Waals surface area contributed by atoms with E-state index >= 15 is 0 Å². The van der Waals surface area contributed by atoms with Gasteiger partial charge in [0.2, 0.25) is 0 Å². The number of ether oxygens (including phenoxy) is 2. The van der Waals surface area contributed by atoms with E-state index in [0.717, 1.165) is 12.2 Å². The van der Waals surface area contributed by atoms with Crippen molar-refractivity contribution in [3.05, 3.63) is 42.0 Å². The molecule has 0 aliphatic heterocycles. The monoisotopic (exact) mass is 348 g/mol. The normalized spacial score (nSPS) is 14.2. The van der Waals surface area contributed by atoms with Crippen LogP contribution < -0.4 is 4.74 Å². The summed E-state index contributed by atoms with van der Waals surface area (Å²) >= 11 is 0. The topological polar surface area (TPSA) is 55.8 Å². The minimum atomic E-state index is -0.932. The number of carboxylic acids is 1. The highest BCUT2D eigenvalue weighted by Gasteiger charge is 2.27. The fourth-order valence-electron chi connectivity index (χ4n) is 3.18. The lowest BCUT2D eigenvalue weighted by Crippen LogP contribution is -2.25. The van der Waals surface area contributed by atoms with E-state index in [-0.39, 0.29) is 10.8 Å². The molecular weight excluding hydrogens is 316 g/mol. The van der Waals surface area contributed by atoms with Crippen LogP contribution in [0.25, 0.3) is 0 Å². The lowest BCUT2D eigenvalue weighted by atomic mass is 9.75. The average molecular weight is 348 g/mol. The van der Waals surface area contributed by atoms with Crippen LogP contribution in [0.2, 0.25) is 0 Å². The van der Waals surface area contributed by atoms with E-state index in [2.05, 4.69) is 34.6 Å². The van der Waals surface area contributed by atoms with Crippen molar-refractivity contribution in [3.8, 4) is 5.75 Å². The zero-order valence-corrected chi connectivity index (χ0v) is 16.3. The Morgan fingerprint density at radius 3 is 2.24 bits per heavy atom. The first kappa shape index (κ1) is 21.2. The molecule has 1 aromatic carbocycles. The van der Waals surface area contributed by atoms with E-state index in [0.29, 0.717) is 18.8 Å². The van der Waals surface area contributed by atoms with E-state index in [1.165, 1.54) is 0 Å². The second-order valence-electron chi connectivity index (χ2n) is 8.31. The van der Waals surface area contributed by atoms with Gasteiger partial charge < -0.3 is 14.6 Å². The number of hydrogen-bond acceptors (Lipinski definition) is 3. The summed E-state index contributed by atoms with van der Waals surface area (Å²) in [6.07, 6.45) is 2.24. The Kier molecular flexibility index (Phi) is 7.68. The van der Waals surface area contributed by atoms with E-state index in [4.69, 9.17) is 9.47 Å². The summed E-state index contributed by atoms with van der Waals surface area (Å²) in [6.45, 7) is 13.1. The maximum absolute atomic E-state index is 11.7. The molecule has 0 aromatic heterocycles. The highest BCUT2D eigenvalue weighted by atomic mass is 16.5. The highest BCUT2D eigenvalue weighted by Crippen LogP contribution is 2.35. The van der Waals surface area contributed by atoms with Gasteiger partial charge in [-0.1, -0.05) is 58.9 Å². The van der Waals surface area contributed by atoms with Crippen LogP contribution in [-0.2, 0) is 9.53 Å². The molecule has 1 unspecified atom stereocenters. The molecule has 1 rings (SSSR count). The molecule has 0 heterocycles. The maximum Gasteiger partial charge on any atom is 0.333 e. The van der Waals surface area contributed by atoms with Crippen molar-refractivity contribution < 1.29 is 19.4 Å². The largest absolute Gasteiger partial charge is 0.491 e. The molecule has 1 aromatic rings. The molecule has 0 amide bonds. The first-order valence-electron chi connectivity index (χ1n) is 8.76. The predicted octanol–water partition coefficient (Wildman–Crippen LogP) is 4.94. The Balaban J connectivity index is 2.62. The van der Waals surface area contributed by atoms with Crippen LogP contribution in [0.3, 0.4) is 0 Å². The Morgan fingerprint density at radius 1 is 1.12 bits per heavy atom. The standard InChI is InChI=1S/C21H32O4/c1-16(24-12-13-25-17-10-8-7-9-11-17)18(19(22)23)14-21(5,6)15-20(2,3)4/h7-11,14,16H,12-13,15H2,1-6H3,(H,22,23). The second-order valence-corrected chi connectivity index (χ2v) is 8.31. The Labute approximate surface area is 151 Å². The fourth-order valence-corrected chi connectivity index (χ4v) is 3.18. The van der Waals surface area contributed by atoms with Crippen LogP contribution in [0.1, 0.15) is 48.0 Å². The van der Waals surface area contributed by atoms with Gasteiger partial charge in [0.05, 0.1) is 18.3 Å². The molecule has 1 atom stereocenters. The molecule has 0 fully saturated rings. The van der Waals surface area contributed by atoms with Gasteiger partial charge in [-0.25, -0.2) is 4.79 Å². The van der Waals surface area contributed by atoms with Crippen LogP contribution in [-0.4, -0.2) is 30.4 Å². The number of hydrogen-bond donors (Lipinski definition) is 1. The van der Waals surface area contributed by atoms with Crippen molar-refractivity contribution in [1.82, 2.24) is 0 Å². The molecule has 0 saturated carbocycles. The number of allylic oxidation sites excluding steroid dienone is 1. The summed E-state index contributed by atoms with van der Waals surface area (Å²) in [5.41, 5.74) is 0.204. The summed E-state index contributed by atoms with van der Waals surface area (Å²) in [5, 5.41) is 9.56. The van der Waals surface area contributed by atoms with E-state index in [9.17, 15) is 9.90 Å². The highest BCUT2D eigenvalue weighted by molar-refractivity contribution is 5.87. The first-order valence-corrected chi connectivity index (χ1v) is 8.76. The van der Waals surface area contributed by atoms with E-state index in [1.807, 2.05) is 36.4 Å². The number of benzene rings is 1. The van der Waals surface area contributed by atoms with Gasteiger partial charge >= 0.3 is 5.97 Å². The first-order chi connectivity index (χ1) is 11.5. The predicted molar refractivity (Wildman–Crippen MR) is 101 cm³/mol. The molecule has 4 nitrogen and oxygen atoms in total. The maximum atomic E-state index is 11.7. The molecule has 0 bridgehead atoms. The van der Waals surface area contributed by atoms with Gasteiger partial charge in [0.25, 0.3) is 0 Å². The molecule has 0 aliphatic carbocycles. The van der Waals surface area contributed by atoms with Crippen LogP contribution in [0, 0.1) is 10.8 Å². The minimum absolute atomic E-state index is 0.122. The van der Waals surface area contributed by atoms with Crippen LogP contribution >= 0.6 is 0 Å². The van der Waals surface area contributed by atoms with Gasteiger partial charge in [-0.3, -0.25) is 0 Å². The average Bonchev–Trinajstić information content (AvgIpc) is 2.47. The molecule has 0 saturated heterocycles. The SMILES string of the molecule is CC(OCCOc1ccccc1)C(=CC(C)(C)CC(C)(C)C)C(=O)O. The molecule has 1 N–H and O–H groups in total. The molecule has 4 heteroatoms. The van der Waals surface area contributed by atoms with Crippen LogP contribution in [0.5, 0.6) is 5.75 Å². The van der Waals surface area contributed by atoms with E-state index in [1.54, 1.807) is 6.92 Å². The molecule has 0 aliphatic rings. The summed E-state index contributed by atoms with van der Waals surface area (Å²) in [7, 11) is 0. The van der Waals surface area contributed by atoms with Crippen molar-refractivity contribution >= 4 is 5.97 Å². The molecule has 0 radical (unpaired) electrons. The third-order valence-corrected chi connectivity index (χ3v) is 3.68. The van der Waals surface area contributed by atoms with Crippen LogP contribution in [0.15, 0.2) is 42.0 Å². The summed E-state index contributed by atoms with van der Waals surface area (Å²) in [4.78, 5) is 11.7. The quantitative estimate of drug-likeness (QED) is 0.507. The van der Waals surface area contributed by atoms with Crippen molar-refractivity contribution in [1.29, 1.82) is 0 Å². The number of aliphatic carboxylic acids is 1. The summed E-state index contributed by atoms with van der Waals surface area (Å²) < 4.78 is 11.3. The number of carbonyl (C=O) groups is 1. The molecule has 25 heavy (non-hydrogen) atoms. The van der Waals surface area contributed by atoms with Crippen molar-refractivity contribution in [3.63, 3.8) is 0 Å². The van der Waals surface area contributed by atoms with Gasteiger partial charge in [0, 0.05) is 0 Å². The zero-order valence-electron chi connectivity index (χ0n) is 16.3. The molecule has 140 valence electrons. The van der Waals surface area contributed by atoms with Crippen molar-refractivity contribution in [2.45, 2.75) is 54.1 Å². The van der Waals surface area contributed by atoms with Crippen molar-refractivity contribution in [2.24, 2.45) is 10.8 Å². The van der Waals surface area contributed by atoms with Crippen LogP contribution in [0.4, 0.5) is 0 Å². The molecular formula is C21H32O4. The summed E-state index contributed by atoms with van der Waals surface area (Å²) in [5.74, 6) is -0.155. The number of rotatable bonds is 9. The number of para-hydroxylation sites is 1. The summed E-state index contributed by atoms with van der Waals surface area (Å²) in [6, 6.07) is 9.49. The zero-order chi connectivity index (χ0) is 19.1. The van der Waals surface area contributed by atoms with Gasteiger partial charge in [-0.2, -0.15) is 0 Å². The van der Waals surface area contributed by atoms with Gasteiger partial charge in [-0.05, 0) is 36.3 Å². The Hall–Kier alpha value is -1.81.